The van der Waals surface area contributed by atoms with Crippen molar-refractivity contribution in [2.75, 3.05) is 13.1 Å². The van der Waals surface area contributed by atoms with Gasteiger partial charge in [0.2, 0.25) is 11.8 Å². The van der Waals surface area contributed by atoms with Crippen LogP contribution in [0.4, 0.5) is 13.2 Å². The highest BCUT2D eigenvalue weighted by molar-refractivity contribution is 5.85. The van der Waals surface area contributed by atoms with Crippen LogP contribution in [0.25, 0.3) is 0 Å². The summed E-state index contributed by atoms with van der Waals surface area (Å²) in [5, 5.41) is 0. The summed E-state index contributed by atoms with van der Waals surface area (Å²) in [6, 6.07) is 16.1. The number of halogens is 3. The normalized spacial score (nSPS) is 18.4. The van der Waals surface area contributed by atoms with Crippen molar-refractivity contribution < 1.29 is 22.8 Å². The lowest BCUT2D eigenvalue weighted by Gasteiger charge is -2.42. The molecule has 2 heterocycles. The third-order valence-corrected chi connectivity index (χ3v) is 6.67. The Balaban J connectivity index is 1.58. The zero-order valence-corrected chi connectivity index (χ0v) is 18.1. The van der Waals surface area contributed by atoms with E-state index in [0.717, 1.165) is 22.3 Å². The first kappa shape index (κ1) is 22.4. The van der Waals surface area contributed by atoms with Crippen molar-refractivity contribution in [1.82, 2.24) is 9.80 Å². The quantitative estimate of drug-likeness (QED) is 0.692. The maximum Gasteiger partial charge on any atom is 0.397 e. The van der Waals surface area contributed by atoms with Gasteiger partial charge in [-0.1, -0.05) is 54.1 Å². The van der Waals surface area contributed by atoms with Crippen LogP contribution in [0.2, 0.25) is 0 Å². The van der Waals surface area contributed by atoms with Crippen molar-refractivity contribution in [2.45, 2.75) is 51.9 Å². The average Bonchev–Trinajstić information content (AvgIpc) is 2.84. The molecule has 1 spiro atoms. The number of carbonyl (C=O) groups excluding carboxylic acids is 2. The van der Waals surface area contributed by atoms with Gasteiger partial charge in [-0.3, -0.25) is 9.59 Å². The minimum absolute atomic E-state index is 0.0252. The fraction of sp³-hybridized carbons (Fsp3) is 0.440. The third kappa shape index (κ3) is 4.81. The second-order valence-electron chi connectivity index (χ2n) is 9.05. The predicted molar refractivity (Wildman–Crippen MR) is 114 cm³/mol. The molecule has 0 aromatic heterocycles. The Kier molecular flexibility index (Phi) is 6.01. The van der Waals surface area contributed by atoms with Gasteiger partial charge >= 0.3 is 6.18 Å². The van der Waals surface area contributed by atoms with Crippen LogP contribution in [0.3, 0.4) is 0 Å². The molecule has 0 N–H and O–H groups in total. The molecule has 32 heavy (non-hydrogen) atoms. The largest absolute Gasteiger partial charge is 0.397 e. The lowest BCUT2D eigenvalue weighted by Crippen LogP contribution is -2.51. The topological polar surface area (TPSA) is 40.6 Å². The molecule has 2 aromatic carbocycles. The van der Waals surface area contributed by atoms with Crippen molar-refractivity contribution in [3.05, 3.63) is 70.8 Å². The standard InChI is InChI=1S/C25H27F3N2O2/c1-18-6-8-19(9-7-18)16-30-17-21-5-3-2-4-20(21)14-24(23(30)32)10-12-29(13-11-24)22(31)15-25(26,27)28/h2-9H,10-17H2,1H3. The maximum absolute atomic E-state index is 13.8. The highest BCUT2D eigenvalue weighted by atomic mass is 19.4. The maximum atomic E-state index is 13.8. The average molecular weight is 444 g/mol. The molecule has 0 unspecified atom stereocenters. The number of likely N-dealkylation sites (tertiary alicyclic amines) is 1. The van der Waals surface area contributed by atoms with Crippen molar-refractivity contribution in [3.8, 4) is 0 Å². The third-order valence-electron chi connectivity index (χ3n) is 6.67. The molecule has 2 amide bonds. The van der Waals surface area contributed by atoms with Gasteiger partial charge in [0.1, 0.15) is 6.42 Å². The number of rotatable bonds is 3. The molecule has 2 aliphatic heterocycles. The number of hydrogen-bond acceptors (Lipinski definition) is 2. The molecule has 0 aliphatic carbocycles. The summed E-state index contributed by atoms with van der Waals surface area (Å²) in [5.41, 5.74) is 3.68. The predicted octanol–water partition coefficient (Wildman–Crippen LogP) is 4.64. The van der Waals surface area contributed by atoms with E-state index in [4.69, 9.17) is 0 Å². The minimum atomic E-state index is -4.52. The molecule has 4 rings (SSSR count). The number of amides is 2. The fourth-order valence-electron chi connectivity index (χ4n) is 4.84. The van der Waals surface area contributed by atoms with E-state index >= 15 is 0 Å². The zero-order valence-electron chi connectivity index (χ0n) is 18.1. The first-order valence-electron chi connectivity index (χ1n) is 10.9. The van der Waals surface area contributed by atoms with Crippen LogP contribution in [-0.4, -0.2) is 40.9 Å². The number of piperidine rings is 1. The van der Waals surface area contributed by atoms with Gasteiger partial charge in [-0.25, -0.2) is 0 Å². The van der Waals surface area contributed by atoms with Crippen molar-refractivity contribution in [2.24, 2.45) is 5.41 Å². The Bertz CT molecular complexity index is 993. The molecule has 0 bridgehead atoms. The molecule has 7 heteroatoms. The van der Waals surface area contributed by atoms with E-state index in [1.807, 2.05) is 60.4 Å². The summed E-state index contributed by atoms with van der Waals surface area (Å²) in [6.45, 7) is 3.33. The van der Waals surface area contributed by atoms with Crippen LogP contribution < -0.4 is 0 Å². The molecule has 0 atom stereocenters. The van der Waals surface area contributed by atoms with Gasteiger partial charge in [-0.15, -0.1) is 0 Å². The van der Waals surface area contributed by atoms with E-state index < -0.39 is 23.9 Å². The molecule has 4 nitrogen and oxygen atoms in total. The van der Waals surface area contributed by atoms with E-state index in [9.17, 15) is 22.8 Å². The SMILES string of the molecule is Cc1ccc(CN2Cc3ccccc3CC3(CCN(C(=O)CC(F)(F)F)CC3)C2=O)cc1. The first-order chi connectivity index (χ1) is 15.2. The molecule has 2 aromatic rings. The minimum Gasteiger partial charge on any atom is -0.342 e. The highest BCUT2D eigenvalue weighted by Gasteiger charge is 2.47. The zero-order chi connectivity index (χ0) is 22.9. The number of alkyl halides is 3. The molecule has 170 valence electrons. The molecule has 2 aliphatic rings. The van der Waals surface area contributed by atoms with Gasteiger partial charge in [0.15, 0.2) is 0 Å². The highest BCUT2D eigenvalue weighted by Crippen LogP contribution is 2.41. The number of hydrogen-bond donors (Lipinski definition) is 0. The molecular formula is C25H27F3N2O2. The van der Waals surface area contributed by atoms with Crippen LogP contribution in [0, 0.1) is 12.3 Å². The number of benzene rings is 2. The summed E-state index contributed by atoms with van der Waals surface area (Å²) in [5.74, 6) is -0.887. The van der Waals surface area contributed by atoms with Crippen molar-refractivity contribution in [3.63, 3.8) is 0 Å². The van der Waals surface area contributed by atoms with Gasteiger partial charge in [0.25, 0.3) is 0 Å². The summed E-state index contributed by atoms with van der Waals surface area (Å²) in [4.78, 5) is 29.0. The fourth-order valence-corrected chi connectivity index (χ4v) is 4.84. The van der Waals surface area contributed by atoms with Crippen LogP contribution in [0.15, 0.2) is 48.5 Å². The van der Waals surface area contributed by atoms with E-state index in [-0.39, 0.29) is 19.0 Å². The molecule has 0 saturated carbocycles. The van der Waals surface area contributed by atoms with Gasteiger partial charge in [0.05, 0.1) is 5.41 Å². The summed E-state index contributed by atoms with van der Waals surface area (Å²) in [6.07, 6.45) is -4.68. The molecule has 1 saturated heterocycles. The van der Waals surface area contributed by atoms with Gasteiger partial charge < -0.3 is 9.80 Å². The van der Waals surface area contributed by atoms with Crippen molar-refractivity contribution >= 4 is 11.8 Å². The lowest BCUT2D eigenvalue weighted by molar-refractivity contribution is -0.165. The first-order valence-corrected chi connectivity index (χ1v) is 10.9. The second kappa shape index (κ2) is 8.60. The Morgan fingerprint density at radius 1 is 1.00 bits per heavy atom. The number of carbonyl (C=O) groups is 2. The summed E-state index contributed by atoms with van der Waals surface area (Å²) >= 11 is 0. The van der Waals surface area contributed by atoms with E-state index in [1.54, 1.807) is 0 Å². The number of nitrogens with zero attached hydrogens (tertiary/aromatic N) is 2. The van der Waals surface area contributed by atoms with Crippen LogP contribution in [0.1, 0.15) is 41.5 Å². The number of fused-ring (bicyclic) bond motifs is 1. The monoisotopic (exact) mass is 444 g/mol. The molecule has 0 radical (unpaired) electrons. The summed E-state index contributed by atoms with van der Waals surface area (Å²) < 4.78 is 38.0. The second-order valence-corrected chi connectivity index (χ2v) is 9.05. The van der Waals surface area contributed by atoms with Gasteiger partial charge in [0, 0.05) is 26.2 Å². The van der Waals surface area contributed by atoms with Crippen molar-refractivity contribution in [1.29, 1.82) is 0 Å². The molecular weight excluding hydrogens is 417 g/mol. The van der Waals surface area contributed by atoms with Crippen LogP contribution in [-0.2, 0) is 29.1 Å². The Labute approximate surface area is 186 Å². The summed E-state index contributed by atoms with van der Waals surface area (Å²) in [7, 11) is 0. The van der Waals surface area contributed by atoms with E-state index in [2.05, 4.69) is 0 Å². The molecule has 1 fully saturated rings. The Morgan fingerprint density at radius 2 is 1.62 bits per heavy atom. The van der Waals surface area contributed by atoms with Crippen LogP contribution in [0.5, 0.6) is 0 Å². The lowest BCUT2D eigenvalue weighted by atomic mass is 9.72. The van der Waals surface area contributed by atoms with Gasteiger partial charge in [-0.2, -0.15) is 13.2 Å². The van der Waals surface area contributed by atoms with Gasteiger partial charge in [-0.05, 0) is 42.9 Å². The van der Waals surface area contributed by atoms with Crippen LogP contribution >= 0.6 is 0 Å². The Morgan fingerprint density at radius 3 is 2.25 bits per heavy atom. The van der Waals surface area contributed by atoms with E-state index in [1.165, 1.54) is 4.90 Å². The smallest absolute Gasteiger partial charge is 0.342 e. The van der Waals surface area contributed by atoms with E-state index in [0.29, 0.717) is 32.4 Å². The number of aryl methyl sites for hydroxylation is 1. The Hall–Kier alpha value is -2.83.